The summed E-state index contributed by atoms with van der Waals surface area (Å²) < 4.78 is 7.90. The van der Waals surface area contributed by atoms with Gasteiger partial charge in [0.15, 0.2) is 0 Å². The Kier molecular flexibility index (Phi) is 4.85. The molecule has 0 unspecified atom stereocenters. The van der Waals surface area contributed by atoms with Crippen LogP contribution in [0.5, 0.6) is 5.75 Å². The Morgan fingerprint density at radius 1 is 1.18 bits per heavy atom. The number of anilines is 1. The number of nitrogens with one attached hydrogen (secondary N) is 1. The topological polar surface area (TPSA) is 108 Å². The molecule has 1 aliphatic carbocycles. The van der Waals surface area contributed by atoms with Gasteiger partial charge in [0.2, 0.25) is 0 Å². The molecule has 1 saturated carbocycles. The van der Waals surface area contributed by atoms with Gasteiger partial charge >= 0.3 is 0 Å². The number of nitrogen functional groups attached to an aromatic ring is 1. The molecule has 8 heteroatoms. The Labute approximate surface area is 163 Å². The molecule has 0 saturated heterocycles. The Morgan fingerprint density at radius 2 is 1.93 bits per heavy atom. The van der Waals surface area contributed by atoms with Crippen LogP contribution in [-0.4, -0.2) is 37.8 Å². The average molecular weight is 380 g/mol. The second-order valence-corrected chi connectivity index (χ2v) is 7.30. The number of carbonyl (C=O) groups excluding carboxylic acids is 1. The number of hydrogen-bond acceptors (Lipinski definition) is 6. The molecule has 146 valence electrons. The molecule has 28 heavy (non-hydrogen) atoms. The standard InChI is InChI=1S/C20H24N6O2/c1-12-9-17(25-26(12)2)20(27)24-14-3-5-15(6-4-14)28-18-11-13(21)10-16-19(18)23-8-7-22-16/h7-11,14-15H,3-6,21H2,1-2H3,(H,24,27). The molecule has 1 amide bonds. The summed E-state index contributed by atoms with van der Waals surface area (Å²) >= 11 is 0. The van der Waals surface area contributed by atoms with E-state index >= 15 is 0 Å². The number of nitrogens with two attached hydrogens (primary N) is 1. The number of carbonyl (C=O) groups is 1. The van der Waals surface area contributed by atoms with Crippen molar-refractivity contribution in [1.82, 2.24) is 25.1 Å². The normalized spacial score (nSPS) is 19.5. The second kappa shape index (κ2) is 7.46. The molecular formula is C20H24N6O2. The molecule has 1 fully saturated rings. The van der Waals surface area contributed by atoms with Crippen LogP contribution >= 0.6 is 0 Å². The predicted molar refractivity (Wildman–Crippen MR) is 106 cm³/mol. The first-order valence-electron chi connectivity index (χ1n) is 9.48. The maximum Gasteiger partial charge on any atom is 0.272 e. The lowest BCUT2D eigenvalue weighted by atomic mass is 9.92. The van der Waals surface area contributed by atoms with Gasteiger partial charge < -0.3 is 15.8 Å². The fraction of sp³-hybridized carbons (Fsp3) is 0.400. The van der Waals surface area contributed by atoms with Crippen LogP contribution in [0, 0.1) is 6.92 Å². The Morgan fingerprint density at radius 3 is 2.64 bits per heavy atom. The van der Waals surface area contributed by atoms with Crippen molar-refractivity contribution in [3.05, 3.63) is 42.0 Å². The highest BCUT2D eigenvalue weighted by Crippen LogP contribution is 2.30. The number of hydrogen-bond donors (Lipinski definition) is 2. The smallest absolute Gasteiger partial charge is 0.272 e. The monoisotopic (exact) mass is 380 g/mol. The van der Waals surface area contributed by atoms with E-state index in [2.05, 4.69) is 20.4 Å². The summed E-state index contributed by atoms with van der Waals surface area (Å²) in [5.41, 5.74) is 9.44. The van der Waals surface area contributed by atoms with Gasteiger partial charge in [-0.05, 0) is 44.7 Å². The number of benzene rings is 1. The van der Waals surface area contributed by atoms with Crippen molar-refractivity contribution >= 4 is 22.6 Å². The maximum absolute atomic E-state index is 12.4. The summed E-state index contributed by atoms with van der Waals surface area (Å²) in [5.74, 6) is 0.546. The molecular weight excluding hydrogens is 356 g/mol. The van der Waals surface area contributed by atoms with Crippen molar-refractivity contribution in [3.8, 4) is 5.75 Å². The van der Waals surface area contributed by atoms with Crippen molar-refractivity contribution in [2.24, 2.45) is 7.05 Å². The van der Waals surface area contributed by atoms with Gasteiger partial charge in [0.05, 0.1) is 11.6 Å². The number of aryl methyl sites for hydroxylation is 2. The molecule has 8 nitrogen and oxygen atoms in total. The Hall–Kier alpha value is -3.16. The van der Waals surface area contributed by atoms with E-state index < -0.39 is 0 Å². The van der Waals surface area contributed by atoms with Gasteiger partial charge in [-0.1, -0.05) is 0 Å². The lowest BCUT2D eigenvalue weighted by Crippen LogP contribution is -2.39. The molecule has 0 bridgehead atoms. The molecule has 1 aromatic carbocycles. The minimum atomic E-state index is -0.120. The van der Waals surface area contributed by atoms with Crippen LogP contribution in [0.4, 0.5) is 5.69 Å². The van der Waals surface area contributed by atoms with Crippen LogP contribution < -0.4 is 15.8 Å². The summed E-state index contributed by atoms with van der Waals surface area (Å²) in [4.78, 5) is 21.1. The van der Waals surface area contributed by atoms with E-state index in [0.717, 1.165) is 42.4 Å². The van der Waals surface area contributed by atoms with Gasteiger partial charge in [-0.2, -0.15) is 5.10 Å². The number of amides is 1. The van der Waals surface area contributed by atoms with Crippen molar-refractivity contribution < 1.29 is 9.53 Å². The van der Waals surface area contributed by atoms with Gasteiger partial charge in [0, 0.05) is 42.9 Å². The van der Waals surface area contributed by atoms with Gasteiger partial charge in [0.25, 0.3) is 5.91 Å². The molecule has 0 atom stereocenters. The number of nitrogens with zero attached hydrogens (tertiary/aromatic N) is 4. The number of aromatic nitrogens is 4. The lowest BCUT2D eigenvalue weighted by molar-refractivity contribution is 0.0889. The quantitative estimate of drug-likeness (QED) is 0.673. The van der Waals surface area contributed by atoms with E-state index in [9.17, 15) is 4.79 Å². The third kappa shape index (κ3) is 3.76. The van der Waals surface area contributed by atoms with Gasteiger partial charge in [-0.3, -0.25) is 14.5 Å². The molecule has 2 heterocycles. The van der Waals surface area contributed by atoms with Crippen LogP contribution in [0.1, 0.15) is 41.9 Å². The first-order chi connectivity index (χ1) is 13.5. The van der Waals surface area contributed by atoms with Crippen molar-refractivity contribution in [3.63, 3.8) is 0 Å². The SMILES string of the molecule is Cc1cc(C(=O)NC2CCC(Oc3cc(N)cc4nccnc34)CC2)nn1C. The Bertz CT molecular complexity index is 988. The van der Waals surface area contributed by atoms with Gasteiger partial charge in [0.1, 0.15) is 17.0 Å². The molecule has 3 aromatic rings. The number of fused-ring (bicyclic) bond motifs is 1. The summed E-state index contributed by atoms with van der Waals surface area (Å²) in [6.07, 6.45) is 6.77. The summed E-state index contributed by atoms with van der Waals surface area (Å²) in [5, 5.41) is 7.33. The fourth-order valence-corrected chi connectivity index (χ4v) is 3.59. The molecule has 0 radical (unpaired) electrons. The van der Waals surface area contributed by atoms with Crippen molar-refractivity contribution in [2.45, 2.75) is 44.8 Å². The first-order valence-corrected chi connectivity index (χ1v) is 9.48. The molecule has 2 aromatic heterocycles. The maximum atomic E-state index is 12.4. The summed E-state index contributed by atoms with van der Waals surface area (Å²) in [7, 11) is 1.83. The lowest BCUT2D eigenvalue weighted by Gasteiger charge is -2.29. The third-order valence-corrected chi connectivity index (χ3v) is 5.21. The first kappa shape index (κ1) is 18.2. The average Bonchev–Trinajstić information content (AvgIpc) is 3.02. The molecule has 4 rings (SSSR count). The molecule has 1 aliphatic rings. The highest BCUT2D eigenvalue weighted by atomic mass is 16.5. The van der Waals surface area contributed by atoms with Crippen molar-refractivity contribution in [1.29, 1.82) is 0 Å². The van der Waals surface area contributed by atoms with Crippen LogP contribution in [0.2, 0.25) is 0 Å². The Balaban J connectivity index is 1.36. The summed E-state index contributed by atoms with van der Waals surface area (Å²) in [6.45, 7) is 1.93. The largest absolute Gasteiger partial charge is 0.488 e. The fourth-order valence-electron chi connectivity index (χ4n) is 3.59. The predicted octanol–water partition coefficient (Wildman–Crippen LogP) is 2.37. The van der Waals surface area contributed by atoms with E-state index in [1.54, 1.807) is 35.3 Å². The van der Waals surface area contributed by atoms with Gasteiger partial charge in [-0.15, -0.1) is 0 Å². The molecule has 0 spiro atoms. The molecule has 0 aliphatic heterocycles. The van der Waals surface area contributed by atoms with E-state index in [1.807, 2.05) is 14.0 Å². The minimum absolute atomic E-state index is 0.0669. The zero-order valence-corrected chi connectivity index (χ0v) is 16.1. The van der Waals surface area contributed by atoms with Crippen LogP contribution in [0.15, 0.2) is 30.6 Å². The third-order valence-electron chi connectivity index (χ3n) is 5.21. The molecule has 3 N–H and O–H groups in total. The van der Waals surface area contributed by atoms with Crippen LogP contribution in [0.25, 0.3) is 11.0 Å². The summed E-state index contributed by atoms with van der Waals surface area (Å²) in [6, 6.07) is 5.53. The zero-order chi connectivity index (χ0) is 19.7. The number of rotatable bonds is 4. The van der Waals surface area contributed by atoms with Crippen LogP contribution in [0.3, 0.4) is 0 Å². The highest BCUT2D eigenvalue weighted by molar-refractivity contribution is 5.92. The highest BCUT2D eigenvalue weighted by Gasteiger charge is 2.25. The second-order valence-electron chi connectivity index (χ2n) is 7.30. The van der Waals surface area contributed by atoms with Crippen LogP contribution in [-0.2, 0) is 7.05 Å². The minimum Gasteiger partial charge on any atom is -0.488 e. The van der Waals surface area contributed by atoms with Gasteiger partial charge in [-0.25, -0.2) is 4.98 Å². The number of ether oxygens (including phenoxy) is 1. The van der Waals surface area contributed by atoms with Crippen molar-refractivity contribution in [2.75, 3.05) is 5.73 Å². The van der Waals surface area contributed by atoms with E-state index in [0.29, 0.717) is 17.1 Å². The van der Waals surface area contributed by atoms with E-state index in [1.165, 1.54) is 0 Å². The van der Waals surface area contributed by atoms with E-state index in [4.69, 9.17) is 10.5 Å². The van der Waals surface area contributed by atoms with E-state index in [-0.39, 0.29) is 18.1 Å². The zero-order valence-electron chi connectivity index (χ0n) is 16.1.